The Morgan fingerprint density at radius 2 is 2.14 bits per heavy atom. The lowest BCUT2D eigenvalue weighted by Gasteiger charge is -2.18. The minimum atomic E-state index is -1.27. The fourth-order valence-electron chi connectivity index (χ4n) is 4.30. The van der Waals surface area contributed by atoms with Crippen LogP contribution in [0.3, 0.4) is 0 Å². The number of fused-ring (bicyclic) bond motifs is 7. The molecule has 4 atom stereocenters. The van der Waals surface area contributed by atoms with Crippen LogP contribution in [0.4, 0.5) is 0 Å². The van der Waals surface area contributed by atoms with Crippen LogP contribution in [-0.4, -0.2) is 48.5 Å². The van der Waals surface area contributed by atoms with Gasteiger partial charge in [0.05, 0.1) is 24.0 Å². The number of hydrogen-bond donors (Lipinski definition) is 1. The van der Waals surface area contributed by atoms with E-state index in [1.807, 2.05) is 0 Å². The number of halogens is 1. The Balaban J connectivity index is 1.70. The number of aliphatic hydroxyl groups excluding tert-OH is 1. The summed E-state index contributed by atoms with van der Waals surface area (Å²) in [5.41, 5.74) is 0.415. The van der Waals surface area contributed by atoms with Crippen molar-refractivity contribution >= 4 is 34.3 Å². The van der Waals surface area contributed by atoms with Gasteiger partial charge in [0.1, 0.15) is 34.6 Å². The molecule has 1 aromatic heterocycles. The summed E-state index contributed by atoms with van der Waals surface area (Å²) in [4.78, 5) is 36.1. The topological polar surface area (TPSA) is 122 Å². The average molecular weight is 423 g/mol. The van der Waals surface area contributed by atoms with Crippen LogP contribution in [0.5, 0.6) is 11.5 Å². The highest BCUT2D eigenvalue weighted by atomic mass is 35.5. The molecule has 5 rings (SSSR count). The van der Waals surface area contributed by atoms with Gasteiger partial charge in [0, 0.05) is 12.5 Å². The maximum atomic E-state index is 12.5. The van der Waals surface area contributed by atoms with E-state index in [4.69, 9.17) is 35.0 Å². The lowest BCUT2D eigenvalue weighted by molar-refractivity contribution is -0.200. The second-order valence-electron chi connectivity index (χ2n) is 6.99. The van der Waals surface area contributed by atoms with Crippen LogP contribution >= 0.6 is 11.6 Å². The Kier molecular flexibility index (Phi) is 4.09. The molecule has 2 aliphatic heterocycles. The Bertz CT molecular complexity index is 1120. The van der Waals surface area contributed by atoms with Gasteiger partial charge in [0.2, 0.25) is 12.6 Å². The fraction of sp³-hybridized carbons (Fsp3) is 0.421. The summed E-state index contributed by atoms with van der Waals surface area (Å²) in [6.07, 6.45) is -2.90. The first-order chi connectivity index (χ1) is 13.9. The van der Waals surface area contributed by atoms with Gasteiger partial charge in [-0.1, -0.05) is 0 Å². The molecule has 0 saturated carbocycles. The molecule has 0 radical (unpaired) electrons. The predicted molar refractivity (Wildman–Crippen MR) is 96.5 cm³/mol. The number of alkyl halides is 1. The smallest absolute Gasteiger partial charge is 0.347 e. The quantitative estimate of drug-likeness (QED) is 0.442. The summed E-state index contributed by atoms with van der Waals surface area (Å²) in [5.74, 6) is -1.49. The predicted octanol–water partition coefficient (Wildman–Crippen LogP) is 1.23. The lowest BCUT2D eigenvalue weighted by Crippen LogP contribution is -2.30. The zero-order valence-electron chi connectivity index (χ0n) is 15.1. The van der Waals surface area contributed by atoms with Crippen molar-refractivity contribution in [3.8, 4) is 11.5 Å². The van der Waals surface area contributed by atoms with Crippen LogP contribution in [0.2, 0.25) is 0 Å². The molecule has 1 saturated heterocycles. The zero-order chi connectivity index (χ0) is 20.4. The third-order valence-corrected chi connectivity index (χ3v) is 5.71. The van der Waals surface area contributed by atoms with Crippen molar-refractivity contribution < 1.29 is 38.1 Å². The van der Waals surface area contributed by atoms with Gasteiger partial charge in [-0.25, -0.2) is 4.79 Å². The van der Waals surface area contributed by atoms with E-state index >= 15 is 0 Å². The molecule has 9 nitrogen and oxygen atoms in total. The number of hydrogen-bond acceptors (Lipinski definition) is 9. The number of benzene rings is 1. The maximum Gasteiger partial charge on any atom is 0.347 e. The van der Waals surface area contributed by atoms with Crippen LogP contribution in [0.25, 0.3) is 11.0 Å². The second-order valence-corrected chi connectivity index (χ2v) is 7.26. The number of aryl methyl sites for hydroxylation is 1. The van der Waals surface area contributed by atoms with Crippen molar-refractivity contribution in [2.45, 2.75) is 37.4 Å². The number of methoxy groups -OCH3 is 1. The van der Waals surface area contributed by atoms with E-state index in [1.54, 1.807) is 6.07 Å². The first kappa shape index (κ1) is 18.4. The number of Topliss-reactive ketones (excluding diaryl/α,β-unsaturated/α-hetero) is 1. The monoisotopic (exact) mass is 422 g/mol. The van der Waals surface area contributed by atoms with Gasteiger partial charge in [-0.2, -0.15) is 0 Å². The van der Waals surface area contributed by atoms with Gasteiger partial charge in [0.15, 0.2) is 5.78 Å². The van der Waals surface area contributed by atoms with Crippen LogP contribution in [0.15, 0.2) is 15.3 Å². The van der Waals surface area contributed by atoms with Crippen LogP contribution in [0, 0.1) is 0 Å². The largest absolute Gasteiger partial charge is 0.496 e. The Morgan fingerprint density at radius 3 is 2.86 bits per heavy atom. The molecule has 10 heteroatoms. The molecule has 3 aliphatic rings. The number of esters is 1. The molecule has 1 aliphatic carbocycles. The minimum Gasteiger partial charge on any atom is -0.496 e. The van der Waals surface area contributed by atoms with Crippen molar-refractivity contribution in [1.29, 1.82) is 0 Å². The SMILES string of the molecule is COc1cc2c(c3oc(=O)c4c(c13)CCC4=O)C1C(O2)OC(OC(=O)CCl)C1O. The molecule has 1 N–H and O–H groups in total. The highest BCUT2D eigenvalue weighted by Gasteiger charge is 2.54. The van der Waals surface area contributed by atoms with E-state index in [2.05, 4.69) is 0 Å². The molecule has 1 aromatic carbocycles. The van der Waals surface area contributed by atoms with Crippen molar-refractivity contribution in [3.05, 3.63) is 33.2 Å². The van der Waals surface area contributed by atoms with E-state index in [0.717, 1.165) is 0 Å². The second kappa shape index (κ2) is 6.45. The van der Waals surface area contributed by atoms with E-state index in [0.29, 0.717) is 34.4 Å². The summed E-state index contributed by atoms with van der Waals surface area (Å²) >= 11 is 5.44. The van der Waals surface area contributed by atoms with E-state index < -0.39 is 42.1 Å². The first-order valence-electron chi connectivity index (χ1n) is 8.94. The van der Waals surface area contributed by atoms with Crippen molar-refractivity contribution in [3.63, 3.8) is 0 Å². The molecular formula is C19H15ClO9. The summed E-state index contributed by atoms with van der Waals surface area (Å²) in [6.45, 7) is 0. The standard InChI is InChI=1S/C19H15ClO9/c1-25-8-4-9-13(14-15(23)19(27-10(22)5-20)29-18(14)26-9)16-12(8)6-2-3-7(21)11(6)17(24)28-16/h4,14-15,18-19,23H,2-3,5H2,1H3. The summed E-state index contributed by atoms with van der Waals surface area (Å²) in [6, 6.07) is 1.61. The number of carbonyl (C=O) groups excluding carboxylic acids is 2. The summed E-state index contributed by atoms with van der Waals surface area (Å²) in [7, 11) is 1.46. The molecule has 0 amide bonds. The molecule has 0 bridgehead atoms. The normalized spacial score (nSPS) is 26.8. The summed E-state index contributed by atoms with van der Waals surface area (Å²) < 4.78 is 27.3. The maximum absolute atomic E-state index is 12.5. The van der Waals surface area contributed by atoms with E-state index in [9.17, 15) is 19.5 Å². The minimum absolute atomic E-state index is 0.0309. The van der Waals surface area contributed by atoms with Gasteiger partial charge < -0.3 is 23.7 Å². The Morgan fingerprint density at radius 1 is 1.34 bits per heavy atom. The number of ether oxygens (including phenoxy) is 4. The highest BCUT2D eigenvalue weighted by Crippen LogP contribution is 2.52. The van der Waals surface area contributed by atoms with Gasteiger partial charge in [-0.3, -0.25) is 14.3 Å². The number of carbonyl (C=O) groups is 2. The number of rotatable bonds is 3. The highest BCUT2D eigenvalue weighted by molar-refractivity contribution is 6.26. The molecule has 29 heavy (non-hydrogen) atoms. The van der Waals surface area contributed by atoms with Gasteiger partial charge in [0.25, 0.3) is 0 Å². The van der Waals surface area contributed by atoms with E-state index in [-0.39, 0.29) is 23.4 Å². The lowest BCUT2D eigenvalue weighted by atomic mass is 9.92. The molecule has 2 aromatic rings. The third-order valence-electron chi connectivity index (χ3n) is 5.49. The van der Waals surface area contributed by atoms with E-state index in [1.165, 1.54) is 7.11 Å². The Hall–Kier alpha value is -2.62. The molecule has 1 fully saturated rings. The van der Waals surface area contributed by atoms with Gasteiger partial charge >= 0.3 is 11.6 Å². The zero-order valence-corrected chi connectivity index (χ0v) is 15.9. The van der Waals surface area contributed by atoms with Crippen LogP contribution in [0.1, 0.15) is 33.8 Å². The summed E-state index contributed by atoms with van der Waals surface area (Å²) in [5, 5.41) is 11.2. The number of aliphatic hydroxyl groups is 1. The van der Waals surface area contributed by atoms with Crippen LogP contribution < -0.4 is 15.1 Å². The first-order valence-corrected chi connectivity index (χ1v) is 9.47. The van der Waals surface area contributed by atoms with Crippen molar-refractivity contribution in [1.82, 2.24) is 0 Å². The molecule has 152 valence electrons. The molecular weight excluding hydrogens is 408 g/mol. The molecule has 3 heterocycles. The molecule has 4 unspecified atom stereocenters. The van der Waals surface area contributed by atoms with Crippen molar-refractivity contribution in [2.75, 3.05) is 13.0 Å². The van der Waals surface area contributed by atoms with Gasteiger partial charge in [-0.05, 0) is 12.0 Å². The third kappa shape index (κ3) is 2.51. The number of ketones is 1. The van der Waals surface area contributed by atoms with Crippen molar-refractivity contribution in [2.24, 2.45) is 0 Å². The van der Waals surface area contributed by atoms with Crippen LogP contribution in [-0.2, 0) is 20.7 Å². The molecule has 0 spiro atoms. The average Bonchev–Trinajstić information content (AvgIpc) is 3.34. The fourth-order valence-corrected chi connectivity index (χ4v) is 4.36. The Labute approximate surface area is 168 Å². The van der Waals surface area contributed by atoms with Gasteiger partial charge in [-0.15, -0.1) is 11.6 Å².